The molecule has 1 amide bonds. The van der Waals surface area contributed by atoms with E-state index in [9.17, 15) is 14.9 Å². The molecule has 18 heavy (non-hydrogen) atoms. The number of hydrogen-bond donors (Lipinski definition) is 1. The van der Waals surface area contributed by atoms with Crippen molar-refractivity contribution in [1.82, 2.24) is 0 Å². The number of amides is 1. The average Bonchev–Trinajstić information content (AvgIpc) is 2.70. The van der Waals surface area contributed by atoms with Crippen molar-refractivity contribution in [3.8, 4) is 0 Å². The summed E-state index contributed by atoms with van der Waals surface area (Å²) in [7, 11) is 0. The van der Waals surface area contributed by atoms with Crippen LogP contribution < -0.4 is 4.90 Å². The number of anilines is 1. The molecule has 1 aliphatic rings. The lowest BCUT2D eigenvalue weighted by Crippen LogP contribution is -2.26. The van der Waals surface area contributed by atoms with Crippen LogP contribution in [0.15, 0.2) is 22.7 Å². The van der Waals surface area contributed by atoms with Crippen molar-refractivity contribution in [2.24, 2.45) is 5.92 Å². The molecule has 0 saturated carbocycles. The Morgan fingerprint density at radius 1 is 1.56 bits per heavy atom. The smallest absolute Gasteiger partial charge is 0.294 e. The lowest BCUT2D eigenvalue weighted by Gasteiger charge is -2.17. The molecule has 1 unspecified atom stereocenters. The minimum Gasteiger partial charge on any atom is -0.396 e. The van der Waals surface area contributed by atoms with Crippen LogP contribution in [0.5, 0.6) is 0 Å². The minimum absolute atomic E-state index is 0.0967. The monoisotopic (exact) mass is 314 g/mol. The predicted molar refractivity (Wildman–Crippen MR) is 68.3 cm³/mol. The van der Waals surface area contributed by atoms with Gasteiger partial charge in [0.25, 0.3) is 5.69 Å². The highest BCUT2D eigenvalue weighted by atomic mass is 79.9. The Morgan fingerprint density at radius 3 is 2.83 bits per heavy atom. The third kappa shape index (κ3) is 2.23. The molecule has 1 atom stereocenters. The fourth-order valence-corrected chi connectivity index (χ4v) is 2.61. The number of aliphatic hydroxyl groups is 1. The number of aliphatic hydroxyl groups excluding tert-OH is 1. The minimum atomic E-state index is -0.514. The van der Waals surface area contributed by atoms with Crippen LogP contribution in [0.4, 0.5) is 11.4 Å². The van der Waals surface area contributed by atoms with Gasteiger partial charge in [-0.05, 0) is 22.0 Å². The first-order valence-corrected chi connectivity index (χ1v) is 6.18. The van der Waals surface area contributed by atoms with Crippen molar-refractivity contribution in [1.29, 1.82) is 0 Å². The summed E-state index contributed by atoms with van der Waals surface area (Å²) in [6.07, 6.45) is 0.217. The van der Waals surface area contributed by atoms with Gasteiger partial charge in [-0.25, -0.2) is 0 Å². The van der Waals surface area contributed by atoms with Gasteiger partial charge in [-0.3, -0.25) is 14.9 Å². The molecule has 0 bridgehead atoms. The summed E-state index contributed by atoms with van der Waals surface area (Å²) < 4.78 is 0.503. The molecular weight excluding hydrogens is 304 g/mol. The lowest BCUT2D eigenvalue weighted by atomic mass is 10.1. The molecule has 1 heterocycles. The van der Waals surface area contributed by atoms with Gasteiger partial charge in [-0.15, -0.1) is 0 Å². The number of nitro groups is 1. The van der Waals surface area contributed by atoms with Crippen LogP contribution in [0.3, 0.4) is 0 Å². The van der Waals surface area contributed by atoms with E-state index in [-0.39, 0.29) is 36.2 Å². The summed E-state index contributed by atoms with van der Waals surface area (Å²) in [5.41, 5.74) is 0.153. The van der Waals surface area contributed by atoms with Crippen molar-refractivity contribution in [3.63, 3.8) is 0 Å². The molecule has 2 rings (SSSR count). The van der Waals surface area contributed by atoms with Crippen LogP contribution in [0.2, 0.25) is 0 Å². The number of hydrogen-bond acceptors (Lipinski definition) is 4. The Balaban J connectivity index is 2.45. The van der Waals surface area contributed by atoms with Gasteiger partial charge in [0.2, 0.25) is 5.91 Å². The summed E-state index contributed by atoms with van der Waals surface area (Å²) in [5, 5.41) is 20.1. The van der Waals surface area contributed by atoms with Crippen LogP contribution in [0.1, 0.15) is 6.42 Å². The molecule has 0 spiro atoms. The SMILES string of the molecule is O=C1CC(CO)CN1c1c(Br)cccc1[N+](=O)[O-]. The second-order valence-electron chi connectivity index (χ2n) is 4.12. The third-order valence-electron chi connectivity index (χ3n) is 2.90. The molecule has 0 aliphatic carbocycles. The van der Waals surface area contributed by atoms with Gasteiger partial charge in [0.15, 0.2) is 0 Å². The van der Waals surface area contributed by atoms with Crippen molar-refractivity contribution in [2.75, 3.05) is 18.1 Å². The Kier molecular flexibility index (Phi) is 3.63. The molecule has 7 heteroatoms. The number of nitro benzene ring substituents is 1. The van der Waals surface area contributed by atoms with Crippen molar-refractivity contribution in [3.05, 3.63) is 32.8 Å². The van der Waals surface area contributed by atoms with Gasteiger partial charge in [-0.2, -0.15) is 0 Å². The van der Waals surface area contributed by atoms with E-state index in [2.05, 4.69) is 15.9 Å². The molecule has 0 radical (unpaired) electrons. The second-order valence-corrected chi connectivity index (χ2v) is 4.98. The Hall–Kier alpha value is -1.47. The van der Waals surface area contributed by atoms with E-state index in [0.717, 1.165) is 0 Å². The largest absolute Gasteiger partial charge is 0.396 e. The van der Waals surface area contributed by atoms with Crippen molar-refractivity contribution in [2.45, 2.75) is 6.42 Å². The first-order valence-electron chi connectivity index (χ1n) is 5.38. The van der Waals surface area contributed by atoms with E-state index in [4.69, 9.17) is 5.11 Å². The summed E-state index contributed by atoms with van der Waals surface area (Å²) in [5.74, 6) is -0.367. The van der Waals surface area contributed by atoms with E-state index in [1.54, 1.807) is 12.1 Å². The van der Waals surface area contributed by atoms with E-state index >= 15 is 0 Å². The fourth-order valence-electron chi connectivity index (χ4n) is 2.04. The predicted octanol–water partition coefficient (Wildman–Crippen LogP) is 1.70. The quantitative estimate of drug-likeness (QED) is 0.680. The highest BCUT2D eigenvalue weighted by molar-refractivity contribution is 9.10. The van der Waals surface area contributed by atoms with E-state index in [1.807, 2.05) is 0 Å². The Bertz CT molecular complexity index is 506. The topological polar surface area (TPSA) is 83.7 Å². The standard InChI is InChI=1S/C11H11BrN2O4/c12-8-2-1-3-9(14(17)18)11(8)13-5-7(6-15)4-10(13)16/h1-3,7,15H,4-6H2. The van der Waals surface area contributed by atoms with Crippen LogP contribution in [-0.2, 0) is 4.79 Å². The van der Waals surface area contributed by atoms with Crippen molar-refractivity contribution < 1.29 is 14.8 Å². The first kappa shape index (κ1) is 13.0. The average molecular weight is 315 g/mol. The fraction of sp³-hybridized carbons (Fsp3) is 0.364. The molecule has 1 aromatic rings. The number of nitrogens with zero attached hydrogens (tertiary/aromatic N) is 2. The van der Waals surface area contributed by atoms with Gasteiger partial charge in [-0.1, -0.05) is 6.07 Å². The Labute approximate surface area is 111 Å². The normalized spacial score (nSPS) is 19.3. The van der Waals surface area contributed by atoms with Gasteiger partial charge in [0.1, 0.15) is 5.69 Å². The van der Waals surface area contributed by atoms with Crippen LogP contribution in [0, 0.1) is 16.0 Å². The van der Waals surface area contributed by atoms with E-state index < -0.39 is 4.92 Å². The number of carbonyl (C=O) groups is 1. The maximum Gasteiger partial charge on any atom is 0.294 e. The van der Waals surface area contributed by atoms with E-state index in [0.29, 0.717) is 11.0 Å². The number of para-hydroxylation sites is 1. The summed E-state index contributed by atoms with van der Waals surface area (Å²) in [4.78, 5) is 23.7. The van der Waals surface area contributed by atoms with Gasteiger partial charge >= 0.3 is 0 Å². The second kappa shape index (κ2) is 5.03. The zero-order valence-electron chi connectivity index (χ0n) is 9.38. The van der Waals surface area contributed by atoms with Crippen molar-refractivity contribution >= 4 is 33.2 Å². The maximum absolute atomic E-state index is 11.8. The summed E-state index contributed by atoms with van der Waals surface area (Å²) in [6, 6.07) is 4.57. The molecule has 1 saturated heterocycles. The zero-order valence-corrected chi connectivity index (χ0v) is 11.0. The summed E-state index contributed by atoms with van der Waals surface area (Å²) >= 11 is 3.23. The number of halogens is 1. The third-order valence-corrected chi connectivity index (χ3v) is 3.54. The molecule has 1 aliphatic heterocycles. The maximum atomic E-state index is 11.8. The number of rotatable bonds is 3. The number of benzene rings is 1. The van der Waals surface area contributed by atoms with Crippen LogP contribution in [-0.4, -0.2) is 29.1 Å². The summed E-state index contributed by atoms with van der Waals surface area (Å²) in [6.45, 7) is 0.208. The highest BCUT2D eigenvalue weighted by Crippen LogP contribution is 2.38. The lowest BCUT2D eigenvalue weighted by molar-refractivity contribution is -0.384. The number of carbonyl (C=O) groups excluding carboxylic acids is 1. The molecule has 0 aromatic heterocycles. The molecule has 96 valence electrons. The van der Waals surface area contributed by atoms with Gasteiger partial charge in [0.05, 0.1) is 4.92 Å². The Morgan fingerprint density at radius 2 is 2.28 bits per heavy atom. The first-order chi connectivity index (χ1) is 8.54. The molecular formula is C11H11BrN2O4. The molecule has 1 aromatic carbocycles. The van der Waals surface area contributed by atoms with Gasteiger partial charge in [0, 0.05) is 36.0 Å². The highest BCUT2D eigenvalue weighted by Gasteiger charge is 2.35. The van der Waals surface area contributed by atoms with Crippen LogP contribution >= 0.6 is 15.9 Å². The molecule has 1 N–H and O–H groups in total. The zero-order chi connectivity index (χ0) is 13.3. The van der Waals surface area contributed by atoms with E-state index in [1.165, 1.54) is 11.0 Å². The van der Waals surface area contributed by atoms with Crippen LogP contribution in [0.25, 0.3) is 0 Å². The molecule has 1 fully saturated rings. The molecule has 6 nitrogen and oxygen atoms in total. The van der Waals surface area contributed by atoms with Gasteiger partial charge < -0.3 is 10.0 Å².